The van der Waals surface area contributed by atoms with Crippen LogP contribution in [0.25, 0.3) is 5.69 Å². The summed E-state index contributed by atoms with van der Waals surface area (Å²) in [4.78, 5) is 16.3. The maximum Gasteiger partial charge on any atom is 0.287 e. The number of aromatic nitrogens is 3. The molecule has 0 aromatic carbocycles. The summed E-state index contributed by atoms with van der Waals surface area (Å²) in [5.74, 6) is 0.142. The van der Waals surface area contributed by atoms with E-state index >= 15 is 0 Å². The quantitative estimate of drug-likeness (QED) is 0.807. The Kier molecular flexibility index (Phi) is 3.42. The Morgan fingerprint density at radius 3 is 2.96 bits per heavy atom. The predicted molar refractivity (Wildman–Crippen MR) is 83.2 cm³/mol. The molecule has 3 aromatic heterocycles. The number of fused-ring (bicyclic) bond motifs is 1. The SMILES string of the molecule is O=C(NC1CCCc2c1cnn2-c1ccncc1)c1ccco1. The first kappa shape index (κ1) is 13.8. The van der Waals surface area contributed by atoms with Crippen LogP contribution in [-0.2, 0) is 6.42 Å². The van der Waals surface area contributed by atoms with E-state index < -0.39 is 0 Å². The minimum atomic E-state index is -0.190. The zero-order valence-corrected chi connectivity index (χ0v) is 12.5. The lowest BCUT2D eigenvalue weighted by molar-refractivity contribution is 0.0904. The van der Waals surface area contributed by atoms with E-state index in [1.807, 2.05) is 23.0 Å². The number of carbonyl (C=O) groups is 1. The average molecular weight is 308 g/mol. The zero-order chi connectivity index (χ0) is 15.6. The van der Waals surface area contributed by atoms with Gasteiger partial charge < -0.3 is 9.73 Å². The lowest BCUT2D eigenvalue weighted by Gasteiger charge is -2.23. The van der Waals surface area contributed by atoms with Gasteiger partial charge in [-0.1, -0.05) is 0 Å². The molecule has 6 heteroatoms. The molecule has 3 aromatic rings. The molecule has 4 rings (SSSR count). The number of nitrogens with zero attached hydrogens (tertiary/aromatic N) is 3. The molecule has 0 spiro atoms. The first-order valence-corrected chi connectivity index (χ1v) is 7.64. The largest absolute Gasteiger partial charge is 0.459 e. The molecule has 0 saturated heterocycles. The van der Waals surface area contributed by atoms with Crippen molar-refractivity contribution >= 4 is 5.91 Å². The molecular formula is C17H16N4O2. The molecule has 1 unspecified atom stereocenters. The second kappa shape index (κ2) is 5.72. The Bertz CT molecular complexity index is 809. The van der Waals surface area contributed by atoms with Gasteiger partial charge in [-0.2, -0.15) is 5.10 Å². The topological polar surface area (TPSA) is 73.0 Å². The minimum absolute atomic E-state index is 0.0352. The van der Waals surface area contributed by atoms with E-state index in [0.717, 1.165) is 36.2 Å². The van der Waals surface area contributed by atoms with Crippen LogP contribution >= 0.6 is 0 Å². The summed E-state index contributed by atoms with van der Waals surface area (Å²) >= 11 is 0. The highest BCUT2D eigenvalue weighted by molar-refractivity contribution is 5.91. The van der Waals surface area contributed by atoms with Crippen molar-refractivity contribution in [1.29, 1.82) is 0 Å². The molecule has 6 nitrogen and oxygen atoms in total. The summed E-state index contributed by atoms with van der Waals surface area (Å²) in [6, 6.07) is 7.20. The molecule has 23 heavy (non-hydrogen) atoms. The number of hydrogen-bond donors (Lipinski definition) is 1. The van der Waals surface area contributed by atoms with Crippen molar-refractivity contribution in [3.05, 3.63) is 66.1 Å². The van der Waals surface area contributed by atoms with Gasteiger partial charge in [0.25, 0.3) is 5.91 Å². The minimum Gasteiger partial charge on any atom is -0.459 e. The second-order valence-corrected chi connectivity index (χ2v) is 5.56. The number of carbonyl (C=O) groups excluding carboxylic acids is 1. The summed E-state index contributed by atoms with van der Waals surface area (Å²) in [7, 11) is 0. The summed E-state index contributed by atoms with van der Waals surface area (Å²) < 4.78 is 7.09. The molecule has 1 amide bonds. The van der Waals surface area contributed by atoms with Crippen LogP contribution in [0.2, 0.25) is 0 Å². The van der Waals surface area contributed by atoms with Crippen molar-refractivity contribution in [3.8, 4) is 5.69 Å². The van der Waals surface area contributed by atoms with Crippen LogP contribution in [0.1, 0.15) is 40.7 Å². The maximum absolute atomic E-state index is 12.2. The second-order valence-electron chi connectivity index (χ2n) is 5.56. The van der Waals surface area contributed by atoms with E-state index in [2.05, 4.69) is 15.4 Å². The average Bonchev–Trinajstić information content (AvgIpc) is 3.26. The summed E-state index contributed by atoms with van der Waals surface area (Å²) in [5.41, 5.74) is 3.21. The number of hydrogen-bond acceptors (Lipinski definition) is 4. The van der Waals surface area contributed by atoms with Crippen molar-refractivity contribution in [2.45, 2.75) is 25.3 Å². The third-order valence-corrected chi connectivity index (χ3v) is 4.14. The highest BCUT2D eigenvalue weighted by Gasteiger charge is 2.26. The lowest BCUT2D eigenvalue weighted by Crippen LogP contribution is -2.30. The lowest BCUT2D eigenvalue weighted by atomic mass is 9.93. The molecule has 1 N–H and O–H groups in total. The first-order valence-electron chi connectivity index (χ1n) is 7.64. The van der Waals surface area contributed by atoms with Crippen LogP contribution in [-0.4, -0.2) is 20.7 Å². The summed E-state index contributed by atoms with van der Waals surface area (Å²) in [6.07, 6.45) is 9.72. The Labute approximate surface area is 133 Å². The standard InChI is InChI=1S/C17H16N4O2/c22-17(16-5-2-10-23-16)20-14-3-1-4-15-13(14)11-19-21(15)12-6-8-18-9-7-12/h2,5-11,14H,1,3-4H2,(H,20,22). The van der Waals surface area contributed by atoms with E-state index in [-0.39, 0.29) is 11.9 Å². The van der Waals surface area contributed by atoms with E-state index in [9.17, 15) is 4.79 Å². The number of rotatable bonds is 3. The fourth-order valence-corrected chi connectivity index (χ4v) is 3.05. The molecule has 3 heterocycles. The normalized spacial score (nSPS) is 16.8. The van der Waals surface area contributed by atoms with E-state index in [1.165, 1.54) is 6.26 Å². The molecule has 0 aliphatic heterocycles. The molecule has 0 bridgehead atoms. The van der Waals surface area contributed by atoms with Gasteiger partial charge in [0.2, 0.25) is 0 Å². The van der Waals surface area contributed by atoms with Gasteiger partial charge in [0.15, 0.2) is 5.76 Å². The maximum atomic E-state index is 12.2. The molecule has 0 fully saturated rings. The Morgan fingerprint density at radius 1 is 1.30 bits per heavy atom. The molecule has 1 atom stereocenters. The number of pyridine rings is 1. The van der Waals surface area contributed by atoms with E-state index in [1.54, 1.807) is 24.5 Å². The predicted octanol–water partition coefficient (Wildman–Crippen LogP) is 2.67. The Morgan fingerprint density at radius 2 is 2.17 bits per heavy atom. The van der Waals surface area contributed by atoms with Crippen molar-refractivity contribution < 1.29 is 9.21 Å². The molecule has 0 radical (unpaired) electrons. The van der Waals surface area contributed by atoms with Gasteiger partial charge in [-0.3, -0.25) is 9.78 Å². The Balaban J connectivity index is 1.62. The summed E-state index contributed by atoms with van der Waals surface area (Å²) in [5, 5.41) is 7.55. The van der Waals surface area contributed by atoms with Gasteiger partial charge >= 0.3 is 0 Å². The third kappa shape index (κ3) is 2.52. The number of furan rings is 1. The van der Waals surface area contributed by atoms with Crippen LogP contribution in [0, 0.1) is 0 Å². The van der Waals surface area contributed by atoms with Gasteiger partial charge in [0.1, 0.15) is 0 Å². The highest BCUT2D eigenvalue weighted by Crippen LogP contribution is 2.31. The van der Waals surface area contributed by atoms with E-state index in [0.29, 0.717) is 5.76 Å². The van der Waals surface area contributed by atoms with Crippen LogP contribution in [0.4, 0.5) is 0 Å². The third-order valence-electron chi connectivity index (χ3n) is 4.14. The van der Waals surface area contributed by atoms with Gasteiger partial charge in [-0.05, 0) is 43.5 Å². The molecule has 116 valence electrons. The molecule has 1 aliphatic carbocycles. The van der Waals surface area contributed by atoms with Crippen LogP contribution in [0.15, 0.2) is 53.5 Å². The Hall–Kier alpha value is -2.89. The summed E-state index contributed by atoms with van der Waals surface area (Å²) in [6.45, 7) is 0. The van der Waals surface area contributed by atoms with Gasteiger partial charge in [0.05, 0.1) is 24.2 Å². The highest BCUT2D eigenvalue weighted by atomic mass is 16.3. The molecule has 0 saturated carbocycles. The van der Waals surface area contributed by atoms with Crippen molar-refractivity contribution in [2.75, 3.05) is 0 Å². The molecular weight excluding hydrogens is 292 g/mol. The monoisotopic (exact) mass is 308 g/mol. The smallest absolute Gasteiger partial charge is 0.287 e. The zero-order valence-electron chi connectivity index (χ0n) is 12.5. The van der Waals surface area contributed by atoms with Gasteiger partial charge in [-0.15, -0.1) is 0 Å². The van der Waals surface area contributed by atoms with E-state index in [4.69, 9.17) is 4.42 Å². The van der Waals surface area contributed by atoms with Crippen molar-refractivity contribution in [2.24, 2.45) is 0 Å². The van der Waals surface area contributed by atoms with Gasteiger partial charge in [-0.25, -0.2) is 4.68 Å². The van der Waals surface area contributed by atoms with Gasteiger partial charge in [0, 0.05) is 23.7 Å². The number of nitrogens with one attached hydrogen (secondary N) is 1. The first-order chi connectivity index (χ1) is 11.3. The van der Waals surface area contributed by atoms with Crippen LogP contribution in [0.3, 0.4) is 0 Å². The fraction of sp³-hybridized carbons (Fsp3) is 0.235. The van der Waals surface area contributed by atoms with Crippen LogP contribution in [0.5, 0.6) is 0 Å². The van der Waals surface area contributed by atoms with Crippen molar-refractivity contribution in [1.82, 2.24) is 20.1 Å². The molecule has 1 aliphatic rings. The number of amides is 1. The van der Waals surface area contributed by atoms with Crippen LogP contribution < -0.4 is 5.32 Å². The fourth-order valence-electron chi connectivity index (χ4n) is 3.05. The van der Waals surface area contributed by atoms with Crippen molar-refractivity contribution in [3.63, 3.8) is 0 Å².